The van der Waals surface area contributed by atoms with Crippen molar-refractivity contribution < 1.29 is 9.13 Å². The highest BCUT2D eigenvalue weighted by Gasteiger charge is 2.32. The summed E-state index contributed by atoms with van der Waals surface area (Å²) >= 11 is 0. The fraction of sp³-hybridized carbons (Fsp3) is 0.300. The highest BCUT2D eigenvalue weighted by molar-refractivity contribution is 5.97. The molecule has 142 valence electrons. The van der Waals surface area contributed by atoms with E-state index in [1.807, 2.05) is 37.8 Å². The second-order valence-corrected chi connectivity index (χ2v) is 7.64. The third-order valence-corrected chi connectivity index (χ3v) is 4.96. The van der Waals surface area contributed by atoms with Crippen LogP contribution in [0.15, 0.2) is 36.8 Å². The van der Waals surface area contributed by atoms with Gasteiger partial charge in [-0.3, -0.25) is 14.3 Å². The molecule has 0 saturated carbocycles. The van der Waals surface area contributed by atoms with Gasteiger partial charge in [-0.15, -0.1) is 0 Å². The Bertz CT molecular complexity index is 1190. The number of nitrogens with zero attached hydrogens (tertiary/aromatic N) is 6. The van der Waals surface area contributed by atoms with Crippen molar-refractivity contribution in [3.63, 3.8) is 0 Å². The van der Waals surface area contributed by atoms with Crippen molar-refractivity contribution in [1.29, 1.82) is 0 Å². The first-order valence-electron chi connectivity index (χ1n) is 9.06. The molecule has 8 heteroatoms. The Hall–Kier alpha value is -3.13. The van der Waals surface area contributed by atoms with E-state index >= 15 is 0 Å². The zero-order valence-corrected chi connectivity index (χ0v) is 15.8. The molecule has 0 saturated heterocycles. The quantitative estimate of drug-likeness (QED) is 0.535. The van der Waals surface area contributed by atoms with Crippen LogP contribution < -0.4 is 0 Å². The molecule has 0 aliphatic carbocycles. The van der Waals surface area contributed by atoms with Gasteiger partial charge in [0.05, 0.1) is 36.3 Å². The molecule has 4 aromatic heterocycles. The Balaban J connectivity index is 1.80. The van der Waals surface area contributed by atoms with Crippen LogP contribution in [0.1, 0.15) is 19.5 Å². The molecular weight excluding hydrogens is 359 g/mol. The Kier molecular flexibility index (Phi) is 3.60. The fourth-order valence-electron chi connectivity index (χ4n) is 3.67. The van der Waals surface area contributed by atoms with Crippen molar-refractivity contribution in [3.8, 4) is 22.5 Å². The van der Waals surface area contributed by atoms with Crippen molar-refractivity contribution in [2.75, 3.05) is 0 Å². The van der Waals surface area contributed by atoms with E-state index in [1.165, 1.54) is 12.3 Å². The van der Waals surface area contributed by atoms with Gasteiger partial charge in [-0.25, -0.2) is 9.37 Å². The lowest BCUT2D eigenvalue weighted by molar-refractivity contribution is -0.0657. The van der Waals surface area contributed by atoms with E-state index in [2.05, 4.69) is 15.1 Å². The molecule has 0 aromatic carbocycles. The molecule has 4 aromatic rings. The van der Waals surface area contributed by atoms with Gasteiger partial charge in [-0.05, 0) is 32.0 Å². The number of hydrogen-bond donors (Lipinski definition) is 0. The number of halogens is 1. The maximum atomic E-state index is 13.4. The van der Waals surface area contributed by atoms with Crippen LogP contribution in [-0.4, -0.2) is 35.1 Å². The van der Waals surface area contributed by atoms with Crippen molar-refractivity contribution >= 4 is 11.0 Å². The zero-order valence-electron chi connectivity index (χ0n) is 15.8. The summed E-state index contributed by atoms with van der Waals surface area (Å²) in [5.74, 6) is -0.377. The highest BCUT2D eigenvalue weighted by Crippen LogP contribution is 2.39. The standard InChI is InChI=1S/C20H19FN6O/c1-20(2)11-27-16(10-28-20)17(18(24-27)15-5-4-12(21)8-23-15)13-6-7-22-19-14(13)9-26(3)25-19/h4-9H,10-11H2,1-3H3. The highest BCUT2D eigenvalue weighted by atomic mass is 19.1. The predicted molar refractivity (Wildman–Crippen MR) is 102 cm³/mol. The minimum Gasteiger partial charge on any atom is -0.367 e. The molecule has 0 spiro atoms. The minimum absolute atomic E-state index is 0.314. The van der Waals surface area contributed by atoms with E-state index in [0.717, 1.165) is 22.2 Å². The second-order valence-electron chi connectivity index (χ2n) is 7.64. The van der Waals surface area contributed by atoms with Crippen molar-refractivity contribution in [2.24, 2.45) is 7.05 Å². The number of ether oxygens (including phenoxy) is 1. The molecule has 0 atom stereocenters. The molecule has 1 aliphatic rings. The molecule has 28 heavy (non-hydrogen) atoms. The average molecular weight is 378 g/mol. The molecule has 0 bridgehead atoms. The lowest BCUT2D eigenvalue weighted by Crippen LogP contribution is -2.36. The van der Waals surface area contributed by atoms with Gasteiger partial charge in [0.2, 0.25) is 0 Å². The van der Waals surface area contributed by atoms with Crippen molar-refractivity contribution in [2.45, 2.75) is 32.6 Å². The van der Waals surface area contributed by atoms with Crippen LogP contribution in [0, 0.1) is 5.82 Å². The average Bonchev–Trinajstić information content (AvgIpc) is 3.20. The smallest absolute Gasteiger partial charge is 0.181 e. The number of aromatic nitrogens is 6. The van der Waals surface area contributed by atoms with Crippen molar-refractivity contribution in [1.82, 2.24) is 29.5 Å². The number of hydrogen-bond acceptors (Lipinski definition) is 5. The van der Waals surface area contributed by atoms with E-state index in [-0.39, 0.29) is 11.4 Å². The van der Waals surface area contributed by atoms with E-state index < -0.39 is 0 Å². The van der Waals surface area contributed by atoms with Gasteiger partial charge in [-0.1, -0.05) is 0 Å². The summed E-state index contributed by atoms with van der Waals surface area (Å²) in [4.78, 5) is 8.64. The van der Waals surface area contributed by atoms with Gasteiger partial charge in [0.25, 0.3) is 0 Å². The maximum absolute atomic E-state index is 13.4. The van der Waals surface area contributed by atoms with Gasteiger partial charge in [0, 0.05) is 36.0 Å². The maximum Gasteiger partial charge on any atom is 0.181 e. The van der Waals surface area contributed by atoms with Gasteiger partial charge < -0.3 is 4.74 Å². The summed E-state index contributed by atoms with van der Waals surface area (Å²) in [6, 6.07) is 5.01. The molecule has 0 unspecified atom stereocenters. The third kappa shape index (κ3) is 2.68. The molecule has 5 rings (SSSR count). The fourth-order valence-corrected chi connectivity index (χ4v) is 3.67. The SMILES string of the molecule is Cn1cc2c(-c3c(-c4ccc(F)cn4)nn4c3COC(C)(C)C4)ccnc2n1. The Morgan fingerprint density at radius 3 is 2.79 bits per heavy atom. The summed E-state index contributed by atoms with van der Waals surface area (Å²) in [5, 5.41) is 10.2. The molecule has 0 radical (unpaired) electrons. The van der Waals surface area contributed by atoms with Crippen LogP contribution in [-0.2, 0) is 24.9 Å². The van der Waals surface area contributed by atoms with E-state index in [9.17, 15) is 4.39 Å². The van der Waals surface area contributed by atoms with Crippen LogP contribution >= 0.6 is 0 Å². The summed E-state index contributed by atoms with van der Waals surface area (Å²) in [6.07, 6.45) is 4.89. The first-order chi connectivity index (χ1) is 13.4. The zero-order chi connectivity index (χ0) is 19.5. The first-order valence-corrected chi connectivity index (χ1v) is 9.06. The van der Waals surface area contributed by atoms with E-state index in [0.29, 0.717) is 30.2 Å². The largest absolute Gasteiger partial charge is 0.367 e. The number of fused-ring (bicyclic) bond motifs is 2. The summed E-state index contributed by atoms with van der Waals surface area (Å²) in [5.41, 5.74) is 4.52. The Morgan fingerprint density at radius 2 is 2.00 bits per heavy atom. The predicted octanol–water partition coefficient (Wildman–Crippen LogP) is 3.34. The van der Waals surface area contributed by atoms with E-state index in [4.69, 9.17) is 9.84 Å². The van der Waals surface area contributed by atoms with Gasteiger partial charge in [0.15, 0.2) is 5.65 Å². The summed E-state index contributed by atoms with van der Waals surface area (Å²) < 4.78 is 23.2. The van der Waals surface area contributed by atoms with Crippen LogP contribution in [0.4, 0.5) is 4.39 Å². The monoisotopic (exact) mass is 378 g/mol. The van der Waals surface area contributed by atoms with Crippen LogP contribution in [0.25, 0.3) is 33.5 Å². The van der Waals surface area contributed by atoms with E-state index in [1.54, 1.807) is 16.9 Å². The lowest BCUT2D eigenvalue weighted by Gasteiger charge is -2.31. The van der Waals surface area contributed by atoms with Crippen LogP contribution in [0.3, 0.4) is 0 Å². The van der Waals surface area contributed by atoms with Gasteiger partial charge in [-0.2, -0.15) is 10.2 Å². The first kappa shape index (κ1) is 17.0. The third-order valence-electron chi connectivity index (χ3n) is 4.96. The molecule has 1 aliphatic heterocycles. The molecule has 0 amide bonds. The van der Waals surface area contributed by atoms with Crippen molar-refractivity contribution in [3.05, 3.63) is 48.3 Å². The number of pyridine rings is 2. The second kappa shape index (κ2) is 5.93. The molecule has 0 fully saturated rings. The Morgan fingerprint density at radius 1 is 1.14 bits per heavy atom. The summed E-state index contributed by atoms with van der Waals surface area (Å²) in [6.45, 7) is 5.14. The minimum atomic E-state index is -0.377. The molecular formula is C20H19FN6O. The normalized spacial score (nSPS) is 15.7. The molecule has 7 nitrogen and oxygen atoms in total. The van der Waals surface area contributed by atoms with Gasteiger partial charge >= 0.3 is 0 Å². The Labute approximate surface area is 160 Å². The van der Waals surface area contributed by atoms with Crippen LogP contribution in [0.5, 0.6) is 0 Å². The molecule has 0 N–H and O–H groups in total. The number of aryl methyl sites for hydroxylation is 1. The van der Waals surface area contributed by atoms with Gasteiger partial charge in [0.1, 0.15) is 11.5 Å². The number of rotatable bonds is 2. The topological polar surface area (TPSA) is 70.7 Å². The lowest BCUT2D eigenvalue weighted by atomic mass is 9.98. The van der Waals surface area contributed by atoms with Crippen LogP contribution in [0.2, 0.25) is 0 Å². The molecule has 5 heterocycles. The summed E-state index contributed by atoms with van der Waals surface area (Å²) in [7, 11) is 1.87.